The molecule has 0 unspecified atom stereocenters. The number of hydrogen-bond donors (Lipinski definition) is 1. The van der Waals surface area contributed by atoms with Gasteiger partial charge in [-0.05, 0) is 42.3 Å². The first-order chi connectivity index (χ1) is 16.8. The van der Waals surface area contributed by atoms with Crippen LogP contribution in [0.25, 0.3) is 0 Å². The number of methoxy groups -OCH3 is 1. The summed E-state index contributed by atoms with van der Waals surface area (Å²) in [7, 11) is 1.68. The minimum Gasteiger partial charge on any atom is -0.493 e. The average molecular weight is 467 g/mol. The summed E-state index contributed by atoms with van der Waals surface area (Å²) >= 11 is 0. The molecular weight excluding hydrogens is 420 g/mol. The molecule has 0 fully saturated rings. The molecular formula is C30H46N2O2. The Bertz CT molecular complexity index is 777. The van der Waals surface area contributed by atoms with Gasteiger partial charge in [-0.15, -0.1) is 0 Å². The zero-order chi connectivity index (χ0) is 24.1. The van der Waals surface area contributed by atoms with Crippen molar-refractivity contribution in [2.24, 2.45) is 5.10 Å². The van der Waals surface area contributed by atoms with Crippen molar-refractivity contribution in [2.75, 3.05) is 19.1 Å². The van der Waals surface area contributed by atoms with E-state index in [1.807, 2.05) is 48.5 Å². The molecule has 0 aromatic heterocycles. The molecule has 2 rings (SSSR count). The van der Waals surface area contributed by atoms with Crippen LogP contribution in [0, 0.1) is 0 Å². The minimum absolute atomic E-state index is 0.734. The third-order valence-electron chi connectivity index (χ3n) is 6.12. The van der Waals surface area contributed by atoms with Crippen LogP contribution in [0.5, 0.6) is 11.5 Å². The molecule has 2 aromatic carbocycles. The Hall–Kier alpha value is -2.49. The molecule has 0 atom stereocenters. The molecule has 34 heavy (non-hydrogen) atoms. The van der Waals surface area contributed by atoms with E-state index in [0.29, 0.717) is 0 Å². The number of hydrazone groups is 1. The molecule has 0 heterocycles. The number of benzene rings is 2. The van der Waals surface area contributed by atoms with Crippen LogP contribution in [0.1, 0.15) is 102 Å². The van der Waals surface area contributed by atoms with Crippen molar-refractivity contribution < 1.29 is 9.47 Å². The topological polar surface area (TPSA) is 42.8 Å². The lowest BCUT2D eigenvalue weighted by Gasteiger charge is -2.11. The summed E-state index contributed by atoms with van der Waals surface area (Å²) in [5.74, 6) is 1.54. The number of anilines is 1. The van der Waals surface area contributed by atoms with Crippen molar-refractivity contribution in [3.8, 4) is 11.5 Å². The van der Waals surface area contributed by atoms with Gasteiger partial charge in [0.15, 0.2) is 11.5 Å². The average Bonchev–Trinajstić information content (AvgIpc) is 2.87. The normalized spacial score (nSPS) is 11.1. The van der Waals surface area contributed by atoms with E-state index in [1.54, 1.807) is 13.3 Å². The van der Waals surface area contributed by atoms with Crippen LogP contribution < -0.4 is 14.9 Å². The molecule has 0 bridgehead atoms. The Morgan fingerprint density at radius 2 is 1.29 bits per heavy atom. The molecule has 0 aliphatic carbocycles. The molecule has 4 heteroatoms. The van der Waals surface area contributed by atoms with Gasteiger partial charge in [-0.25, -0.2) is 0 Å². The smallest absolute Gasteiger partial charge is 0.161 e. The molecule has 0 radical (unpaired) electrons. The highest BCUT2D eigenvalue weighted by atomic mass is 16.5. The molecule has 0 saturated carbocycles. The van der Waals surface area contributed by atoms with E-state index in [1.165, 1.54) is 83.5 Å². The molecule has 0 aliphatic heterocycles. The lowest BCUT2D eigenvalue weighted by Crippen LogP contribution is -2.00. The summed E-state index contributed by atoms with van der Waals surface area (Å²) in [6.45, 7) is 3.02. The van der Waals surface area contributed by atoms with Crippen molar-refractivity contribution in [3.05, 3.63) is 54.1 Å². The van der Waals surface area contributed by atoms with Crippen molar-refractivity contribution in [1.29, 1.82) is 0 Å². The largest absolute Gasteiger partial charge is 0.493 e. The van der Waals surface area contributed by atoms with Crippen LogP contribution in [-0.4, -0.2) is 19.9 Å². The monoisotopic (exact) mass is 466 g/mol. The maximum Gasteiger partial charge on any atom is 0.161 e. The Kier molecular flexibility index (Phi) is 15.4. The number of unbranched alkanes of at least 4 members (excludes halogenated alkanes) is 13. The number of hydrogen-bond acceptors (Lipinski definition) is 4. The second-order valence-electron chi connectivity index (χ2n) is 9.09. The Morgan fingerprint density at radius 3 is 1.88 bits per heavy atom. The van der Waals surface area contributed by atoms with Gasteiger partial charge in [-0.2, -0.15) is 5.10 Å². The fraction of sp³-hybridized carbons (Fsp3) is 0.567. The maximum absolute atomic E-state index is 5.98. The van der Waals surface area contributed by atoms with Gasteiger partial charge in [0, 0.05) is 0 Å². The maximum atomic E-state index is 5.98. The van der Waals surface area contributed by atoms with Gasteiger partial charge in [0.25, 0.3) is 0 Å². The fourth-order valence-corrected chi connectivity index (χ4v) is 4.06. The summed E-state index contributed by atoms with van der Waals surface area (Å²) in [4.78, 5) is 0. The lowest BCUT2D eigenvalue weighted by atomic mass is 10.0. The van der Waals surface area contributed by atoms with E-state index in [9.17, 15) is 0 Å². The Balaban J connectivity index is 1.51. The van der Waals surface area contributed by atoms with Crippen LogP contribution >= 0.6 is 0 Å². The zero-order valence-corrected chi connectivity index (χ0v) is 21.6. The van der Waals surface area contributed by atoms with E-state index in [4.69, 9.17) is 9.47 Å². The van der Waals surface area contributed by atoms with Crippen molar-refractivity contribution >= 4 is 11.9 Å². The van der Waals surface area contributed by atoms with Crippen molar-refractivity contribution in [1.82, 2.24) is 0 Å². The highest BCUT2D eigenvalue weighted by molar-refractivity contribution is 5.81. The minimum atomic E-state index is 0.734. The van der Waals surface area contributed by atoms with E-state index in [0.717, 1.165) is 35.8 Å². The Morgan fingerprint density at radius 1 is 0.706 bits per heavy atom. The highest BCUT2D eigenvalue weighted by Crippen LogP contribution is 2.28. The van der Waals surface area contributed by atoms with Crippen LogP contribution in [0.3, 0.4) is 0 Å². The predicted molar refractivity (Wildman–Crippen MR) is 146 cm³/mol. The fourth-order valence-electron chi connectivity index (χ4n) is 4.06. The van der Waals surface area contributed by atoms with Crippen LogP contribution in [0.2, 0.25) is 0 Å². The van der Waals surface area contributed by atoms with Crippen LogP contribution in [0.15, 0.2) is 53.6 Å². The van der Waals surface area contributed by atoms with Crippen molar-refractivity contribution in [2.45, 2.75) is 96.8 Å². The third kappa shape index (κ3) is 12.7. The van der Waals surface area contributed by atoms with Gasteiger partial charge < -0.3 is 9.47 Å². The zero-order valence-electron chi connectivity index (χ0n) is 21.6. The van der Waals surface area contributed by atoms with Crippen LogP contribution in [0.4, 0.5) is 5.69 Å². The second kappa shape index (κ2) is 18.9. The van der Waals surface area contributed by atoms with Crippen LogP contribution in [-0.2, 0) is 0 Å². The van der Waals surface area contributed by atoms with Gasteiger partial charge in [0.2, 0.25) is 0 Å². The summed E-state index contributed by atoms with van der Waals surface area (Å²) < 4.78 is 11.5. The number of para-hydroxylation sites is 1. The van der Waals surface area contributed by atoms with E-state index >= 15 is 0 Å². The number of rotatable bonds is 20. The molecule has 0 spiro atoms. The Labute approximate surface area is 208 Å². The third-order valence-corrected chi connectivity index (χ3v) is 6.12. The molecule has 188 valence electrons. The molecule has 0 amide bonds. The molecule has 0 aliphatic rings. The second-order valence-corrected chi connectivity index (χ2v) is 9.09. The van der Waals surface area contributed by atoms with Gasteiger partial charge in [-0.1, -0.05) is 109 Å². The van der Waals surface area contributed by atoms with Gasteiger partial charge >= 0.3 is 0 Å². The molecule has 1 N–H and O–H groups in total. The van der Waals surface area contributed by atoms with Gasteiger partial charge in [-0.3, -0.25) is 5.43 Å². The van der Waals surface area contributed by atoms with Gasteiger partial charge in [0.05, 0.1) is 25.6 Å². The quantitative estimate of drug-likeness (QED) is 0.120. The van der Waals surface area contributed by atoms with E-state index in [2.05, 4.69) is 17.5 Å². The van der Waals surface area contributed by atoms with Gasteiger partial charge in [0.1, 0.15) is 0 Å². The summed E-state index contributed by atoms with van der Waals surface area (Å²) in [5, 5.41) is 4.29. The molecule has 2 aromatic rings. The highest BCUT2D eigenvalue weighted by Gasteiger charge is 2.05. The number of nitrogens with one attached hydrogen (secondary N) is 1. The van der Waals surface area contributed by atoms with E-state index in [-0.39, 0.29) is 0 Å². The first-order valence-electron chi connectivity index (χ1n) is 13.5. The SMILES string of the molecule is CCCCCCCCCCCCCCCCOc1ccc(C=NNc2ccccc2)cc1OC. The summed E-state index contributed by atoms with van der Waals surface area (Å²) in [6.07, 6.45) is 20.9. The summed E-state index contributed by atoms with van der Waals surface area (Å²) in [6, 6.07) is 15.8. The number of ether oxygens (including phenoxy) is 2. The predicted octanol–water partition coefficient (Wildman–Crippen LogP) is 9.00. The first kappa shape index (κ1) is 27.8. The molecule has 0 saturated heterocycles. The molecule has 4 nitrogen and oxygen atoms in total. The van der Waals surface area contributed by atoms with E-state index < -0.39 is 0 Å². The van der Waals surface area contributed by atoms with Crippen molar-refractivity contribution in [3.63, 3.8) is 0 Å². The number of nitrogens with zero attached hydrogens (tertiary/aromatic N) is 1. The first-order valence-corrected chi connectivity index (χ1v) is 13.5. The standard InChI is InChI=1S/C30H46N2O2/c1-3-4-5-6-7-8-9-10-11-12-13-14-15-19-24-34-29-23-22-27(25-30(29)33-2)26-31-32-28-20-17-16-18-21-28/h16-18,20-23,25-26,32H,3-15,19,24H2,1-2H3. The summed E-state index contributed by atoms with van der Waals surface area (Å²) in [5.41, 5.74) is 4.95. The lowest BCUT2D eigenvalue weighted by molar-refractivity contribution is 0.284.